The van der Waals surface area contributed by atoms with Crippen LogP contribution in [0.1, 0.15) is 21.6 Å². The molecule has 0 saturated heterocycles. The molecule has 0 aliphatic heterocycles. The summed E-state index contributed by atoms with van der Waals surface area (Å²) in [5, 5.41) is 6.43. The summed E-state index contributed by atoms with van der Waals surface area (Å²) >= 11 is 0. The lowest BCUT2D eigenvalue weighted by atomic mass is 10.1. The third kappa shape index (κ3) is 4.41. The maximum Gasteiger partial charge on any atom is 0.206 e. The number of carbonyl (C=O) groups excluding carboxylic acids is 1. The van der Waals surface area contributed by atoms with E-state index in [0.717, 1.165) is 28.0 Å². The van der Waals surface area contributed by atoms with Crippen molar-refractivity contribution in [1.29, 1.82) is 0 Å². The summed E-state index contributed by atoms with van der Waals surface area (Å²) in [4.78, 5) is 12.2. The zero-order chi connectivity index (χ0) is 20.9. The number of allylic oxidation sites excluding steroid dienone is 1. The fourth-order valence-electron chi connectivity index (χ4n) is 3.24. The Kier molecular flexibility index (Phi) is 5.61. The fraction of sp³-hybridized carbons (Fsp3) is 0.120. The van der Waals surface area contributed by atoms with Crippen molar-refractivity contribution in [2.45, 2.75) is 6.61 Å². The molecule has 0 spiro atoms. The Balaban J connectivity index is 1.50. The smallest absolute Gasteiger partial charge is 0.206 e. The molecule has 0 atom stereocenters. The normalized spacial score (nSPS) is 11.1. The molecule has 0 amide bonds. The first kappa shape index (κ1) is 19.5. The Morgan fingerprint density at radius 2 is 1.87 bits per heavy atom. The van der Waals surface area contributed by atoms with E-state index in [1.54, 1.807) is 37.2 Å². The highest BCUT2D eigenvalue weighted by Crippen LogP contribution is 2.25. The Bertz CT molecular complexity index is 1220. The summed E-state index contributed by atoms with van der Waals surface area (Å²) < 4.78 is 13.1. The van der Waals surface area contributed by atoms with Crippen molar-refractivity contribution in [3.05, 3.63) is 95.8 Å². The van der Waals surface area contributed by atoms with E-state index in [2.05, 4.69) is 17.2 Å². The van der Waals surface area contributed by atoms with Gasteiger partial charge in [-0.2, -0.15) is 5.10 Å². The van der Waals surface area contributed by atoms with Crippen LogP contribution < -0.4 is 9.47 Å². The van der Waals surface area contributed by atoms with E-state index in [4.69, 9.17) is 9.47 Å². The summed E-state index contributed by atoms with van der Waals surface area (Å²) in [7, 11) is 3.42. The summed E-state index contributed by atoms with van der Waals surface area (Å²) in [5.41, 5.74) is 2.21. The summed E-state index contributed by atoms with van der Waals surface area (Å²) in [5.74, 6) is 1.39. The zero-order valence-electron chi connectivity index (χ0n) is 16.9. The van der Waals surface area contributed by atoms with Gasteiger partial charge in [0.25, 0.3) is 0 Å². The monoisotopic (exact) mass is 398 g/mol. The Labute approximate surface area is 175 Å². The molecule has 0 saturated carbocycles. The molecular formula is C25H22N2O3. The standard InChI is InChI=1S/C25H22N2O3/c1-27-14-13-23(26-27)24(28)11-7-18-8-12-25(29-2)21(15-18)17-30-22-10-9-19-5-3-4-6-20(19)16-22/h3-16H,17H2,1-2H3/b11-7+. The van der Waals surface area contributed by atoms with E-state index in [9.17, 15) is 4.79 Å². The van der Waals surface area contributed by atoms with Gasteiger partial charge in [0.15, 0.2) is 0 Å². The number of ether oxygens (including phenoxy) is 2. The van der Waals surface area contributed by atoms with Gasteiger partial charge in [0, 0.05) is 18.8 Å². The van der Waals surface area contributed by atoms with Gasteiger partial charge < -0.3 is 9.47 Å². The molecule has 0 unspecified atom stereocenters. The van der Waals surface area contributed by atoms with E-state index in [0.29, 0.717) is 12.3 Å². The van der Waals surface area contributed by atoms with Crippen LogP contribution in [0.4, 0.5) is 0 Å². The highest BCUT2D eigenvalue weighted by Gasteiger charge is 2.08. The first-order valence-corrected chi connectivity index (χ1v) is 9.63. The molecule has 0 radical (unpaired) electrons. The van der Waals surface area contributed by atoms with Crippen LogP contribution in [0.5, 0.6) is 11.5 Å². The van der Waals surface area contributed by atoms with Crippen molar-refractivity contribution in [2.24, 2.45) is 7.05 Å². The lowest BCUT2D eigenvalue weighted by Gasteiger charge is -2.12. The quantitative estimate of drug-likeness (QED) is 0.323. The molecule has 0 aliphatic carbocycles. The van der Waals surface area contributed by atoms with E-state index >= 15 is 0 Å². The molecule has 150 valence electrons. The molecule has 0 fully saturated rings. The average Bonchev–Trinajstić information content (AvgIpc) is 3.22. The van der Waals surface area contributed by atoms with Gasteiger partial charge in [0.05, 0.1) is 7.11 Å². The van der Waals surface area contributed by atoms with Crippen molar-refractivity contribution in [2.75, 3.05) is 7.11 Å². The number of fused-ring (bicyclic) bond motifs is 1. The number of aryl methyl sites for hydroxylation is 1. The molecule has 0 aliphatic rings. The van der Waals surface area contributed by atoms with Crippen LogP contribution in [0.2, 0.25) is 0 Å². The maximum absolute atomic E-state index is 12.2. The molecule has 4 rings (SSSR count). The van der Waals surface area contributed by atoms with Gasteiger partial charge in [-0.3, -0.25) is 9.48 Å². The number of hydrogen-bond acceptors (Lipinski definition) is 4. The molecule has 0 bridgehead atoms. The summed E-state index contributed by atoms with van der Waals surface area (Å²) in [6.07, 6.45) is 5.05. The Morgan fingerprint density at radius 1 is 1.03 bits per heavy atom. The topological polar surface area (TPSA) is 53.4 Å². The van der Waals surface area contributed by atoms with Crippen molar-refractivity contribution in [3.8, 4) is 11.5 Å². The number of rotatable bonds is 7. The number of hydrogen-bond donors (Lipinski definition) is 0. The predicted molar refractivity (Wildman–Crippen MR) is 118 cm³/mol. The van der Waals surface area contributed by atoms with Crippen LogP contribution in [-0.4, -0.2) is 22.7 Å². The minimum atomic E-state index is -0.139. The van der Waals surface area contributed by atoms with Gasteiger partial charge in [-0.25, -0.2) is 0 Å². The molecule has 5 nitrogen and oxygen atoms in total. The minimum absolute atomic E-state index is 0.139. The maximum atomic E-state index is 12.2. The number of aromatic nitrogens is 2. The van der Waals surface area contributed by atoms with Crippen molar-refractivity contribution >= 4 is 22.6 Å². The highest BCUT2D eigenvalue weighted by molar-refractivity contribution is 6.05. The third-order valence-corrected chi connectivity index (χ3v) is 4.81. The van der Waals surface area contributed by atoms with E-state index in [1.165, 1.54) is 11.5 Å². The van der Waals surface area contributed by atoms with Crippen molar-refractivity contribution in [1.82, 2.24) is 9.78 Å². The number of methoxy groups -OCH3 is 1. The fourth-order valence-corrected chi connectivity index (χ4v) is 3.24. The third-order valence-electron chi connectivity index (χ3n) is 4.81. The van der Waals surface area contributed by atoms with Gasteiger partial charge in [-0.05, 0) is 52.7 Å². The first-order valence-electron chi connectivity index (χ1n) is 9.63. The zero-order valence-corrected chi connectivity index (χ0v) is 16.9. The Morgan fingerprint density at radius 3 is 2.63 bits per heavy atom. The summed E-state index contributed by atoms with van der Waals surface area (Å²) in [6, 6.07) is 21.6. The second-order valence-electron chi connectivity index (χ2n) is 6.94. The predicted octanol–water partition coefficient (Wildman–Crippen LogP) is 5.06. The molecule has 1 aromatic heterocycles. The highest BCUT2D eigenvalue weighted by atomic mass is 16.5. The largest absolute Gasteiger partial charge is 0.496 e. The van der Waals surface area contributed by atoms with Crippen LogP contribution >= 0.6 is 0 Å². The SMILES string of the molecule is COc1ccc(/C=C/C(=O)c2ccn(C)n2)cc1COc1ccc2ccccc2c1. The van der Waals surface area contributed by atoms with Crippen LogP contribution in [0, 0.1) is 0 Å². The molecule has 0 N–H and O–H groups in total. The van der Waals surface area contributed by atoms with Gasteiger partial charge in [-0.1, -0.05) is 42.5 Å². The number of benzene rings is 3. The molecule has 5 heteroatoms. The summed E-state index contributed by atoms with van der Waals surface area (Å²) in [6.45, 7) is 0.359. The van der Waals surface area contributed by atoms with Crippen LogP contribution in [-0.2, 0) is 13.7 Å². The molecule has 4 aromatic rings. The molecule has 30 heavy (non-hydrogen) atoms. The van der Waals surface area contributed by atoms with Gasteiger partial charge in [0.1, 0.15) is 23.8 Å². The minimum Gasteiger partial charge on any atom is -0.496 e. The van der Waals surface area contributed by atoms with E-state index in [1.807, 2.05) is 48.5 Å². The molecular weight excluding hydrogens is 376 g/mol. The van der Waals surface area contributed by atoms with Crippen LogP contribution in [0.3, 0.4) is 0 Å². The number of ketones is 1. The first-order chi connectivity index (χ1) is 14.6. The Hall–Kier alpha value is -3.86. The van der Waals surface area contributed by atoms with Crippen molar-refractivity contribution in [3.63, 3.8) is 0 Å². The number of carbonyl (C=O) groups is 1. The average molecular weight is 398 g/mol. The lowest BCUT2D eigenvalue weighted by Crippen LogP contribution is -2.00. The van der Waals surface area contributed by atoms with Crippen LogP contribution in [0.15, 0.2) is 79.0 Å². The van der Waals surface area contributed by atoms with Gasteiger partial charge >= 0.3 is 0 Å². The van der Waals surface area contributed by atoms with E-state index < -0.39 is 0 Å². The second-order valence-corrected chi connectivity index (χ2v) is 6.94. The second kappa shape index (κ2) is 8.66. The lowest BCUT2D eigenvalue weighted by molar-refractivity contribution is 0.104. The van der Waals surface area contributed by atoms with Gasteiger partial charge in [0.2, 0.25) is 5.78 Å². The van der Waals surface area contributed by atoms with E-state index in [-0.39, 0.29) is 5.78 Å². The number of nitrogens with zero attached hydrogens (tertiary/aromatic N) is 2. The van der Waals surface area contributed by atoms with Gasteiger partial charge in [-0.15, -0.1) is 0 Å². The molecule has 3 aromatic carbocycles. The van der Waals surface area contributed by atoms with Crippen molar-refractivity contribution < 1.29 is 14.3 Å². The molecule has 1 heterocycles. The van der Waals surface area contributed by atoms with Crippen LogP contribution in [0.25, 0.3) is 16.8 Å².